The standard InChI is InChI=1S/C23H25N3O4S/c1-17-10-21(26-30-17)25-23(28)16-31-15-22(27)24-12-19-8-5-9-20(11-19)14-29-13-18-6-3-2-4-7-18/h2-11H,12-16H2,1H3,(H,24,27)(H,25,26,28). The van der Waals surface area contributed by atoms with Gasteiger partial charge in [-0.2, -0.15) is 0 Å². The molecule has 3 rings (SSSR count). The van der Waals surface area contributed by atoms with Crippen molar-refractivity contribution in [1.82, 2.24) is 10.5 Å². The van der Waals surface area contributed by atoms with Crippen molar-refractivity contribution < 1.29 is 18.8 Å². The van der Waals surface area contributed by atoms with Gasteiger partial charge >= 0.3 is 0 Å². The summed E-state index contributed by atoms with van der Waals surface area (Å²) in [5, 5.41) is 9.19. The first-order chi connectivity index (χ1) is 15.1. The summed E-state index contributed by atoms with van der Waals surface area (Å²) < 4.78 is 10.7. The van der Waals surface area contributed by atoms with Gasteiger partial charge in [-0.3, -0.25) is 9.59 Å². The number of nitrogens with zero attached hydrogens (tertiary/aromatic N) is 1. The highest BCUT2D eigenvalue weighted by atomic mass is 32.2. The third-order valence-corrected chi connectivity index (χ3v) is 5.16. The van der Waals surface area contributed by atoms with E-state index in [4.69, 9.17) is 9.26 Å². The summed E-state index contributed by atoms with van der Waals surface area (Å²) in [4.78, 5) is 23.9. The average molecular weight is 440 g/mol. The molecule has 0 aliphatic heterocycles. The number of anilines is 1. The molecule has 2 N–H and O–H groups in total. The number of hydrogen-bond acceptors (Lipinski definition) is 6. The highest BCUT2D eigenvalue weighted by Crippen LogP contribution is 2.10. The van der Waals surface area contributed by atoms with Gasteiger partial charge in [0.2, 0.25) is 11.8 Å². The van der Waals surface area contributed by atoms with Gasteiger partial charge in [0.05, 0.1) is 24.7 Å². The fraction of sp³-hybridized carbons (Fsp3) is 0.261. The first-order valence-corrected chi connectivity index (χ1v) is 11.0. The number of ether oxygens (including phenoxy) is 1. The zero-order valence-corrected chi connectivity index (χ0v) is 18.1. The third-order valence-electron chi connectivity index (χ3n) is 4.22. The highest BCUT2D eigenvalue weighted by Gasteiger charge is 2.08. The Balaban J connectivity index is 1.33. The zero-order valence-electron chi connectivity index (χ0n) is 17.3. The summed E-state index contributed by atoms with van der Waals surface area (Å²) >= 11 is 1.24. The normalized spacial score (nSPS) is 10.6. The number of nitrogens with one attached hydrogen (secondary N) is 2. The summed E-state index contributed by atoms with van der Waals surface area (Å²) in [5.41, 5.74) is 3.18. The smallest absolute Gasteiger partial charge is 0.235 e. The quantitative estimate of drug-likeness (QED) is 0.473. The van der Waals surface area contributed by atoms with Gasteiger partial charge < -0.3 is 19.9 Å². The van der Waals surface area contributed by atoms with Crippen LogP contribution in [0.5, 0.6) is 0 Å². The molecule has 0 radical (unpaired) electrons. The van der Waals surface area contributed by atoms with E-state index < -0.39 is 0 Å². The number of carbonyl (C=O) groups excluding carboxylic acids is 2. The van der Waals surface area contributed by atoms with Gasteiger partial charge in [-0.1, -0.05) is 59.8 Å². The van der Waals surface area contributed by atoms with Crippen molar-refractivity contribution in [3.8, 4) is 0 Å². The number of amides is 2. The van der Waals surface area contributed by atoms with E-state index >= 15 is 0 Å². The summed E-state index contributed by atoms with van der Waals surface area (Å²) in [6, 6.07) is 19.6. The molecule has 0 aliphatic rings. The Hall–Kier alpha value is -3.10. The van der Waals surface area contributed by atoms with Crippen molar-refractivity contribution in [1.29, 1.82) is 0 Å². The van der Waals surface area contributed by atoms with Crippen LogP contribution in [0.2, 0.25) is 0 Å². The molecule has 7 nitrogen and oxygen atoms in total. The van der Waals surface area contributed by atoms with Crippen LogP contribution in [0.4, 0.5) is 5.82 Å². The third kappa shape index (κ3) is 8.27. The topological polar surface area (TPSA) is 93.5 Å². The van der Waals surface area contributed by atoms with Gasteiger partial charge in [0.25, 0.3) is 0 Å². The lowest BCUT2D eigenvalue weighted by molar-refractivity contribution is -0.118. The Morgan fingerprint density at radius 1 is 0.935 bits per heavy atom. The summed E-state index contributed by atoms with van der Waals surface area (Å²) in [6.07, 6.45) is 0. The second-order valence-corrected chi connectivity index (χ2v) is 7.92. The van der Waals surface area contributed by atoms with Gasteiger partial charge in [-0.15, -0.1) is 11.8 Å². The van der Waals surface area contributed by atoms with Crippen molar-refractivity contribution in [2.24, 2.45) is 0 Å². The van der Waals surface area contributed by atoms with E-state index in [1.807, 2.05) is 54.6 Å². The largest absolute Gasteiger partial charge is 0.372 e. The molecule has 1 aromatic heterocycles. The lowest BCUT2D eigenvalue weighted by Crippen LogP contribution is -2.25. The summed E-state index contributed by atoms with van der Waals surface area (Å²) in [5.74, 6) is 1.00. The second kappa shape index (κ2) is 11.9. The fourth-order valence-corrected chi connectivity index (χ4v) is 3.43. The molecule has 0 unspecified atom stereocenters. The molecule has 8 heteroatoms. The molecule has 2 aromatic carbocycles. The maximum Gasteiger partial charge on any atom is 0.235 e. The van der Waals surface area contributed by atoms with Gasteiger partial charge in [-0.05, 0) is 23.6 Å². The highest BCUT2D eigenvalue weighted by molar-refractivity contribution is 8.00. The van der Waals surface area contributed by atoms with Gasteiger partial charge in [-0.25, -0.2) is 0 Å². The minimum Gasteiger partial charge on any atom is -0.372 e. The van der Waals surface area contributed by atoms with Crippen LogP contribution < -0.4 is 10.6 Å². The molecule has 0 atom stereocenters. The number of aromatic nitrogens is 1. The fourth-order valence-electron chi connectivity index (χ4n) is 2.78. The molecular weight excluding hydrogens is 414 g/mol. The van der Waals surface area contributed by atoms with Crippen molar-refractivity contribution in [2.75, 3.05) is 16.8 Å². The molecule has 3 aromatic rings. The Morgan fingerprint density at radius 3 is 2.42 bits per heavy atom. The summed E-state index contributed by atoms with van der Waals surface area (Å²) in [7, 11) is 0. The van der Waals surface area contributed by atoms with E-state index in [9.17, 15) is 9.59 Å². The van der Waals surface area contributed by atoms with Gasteiger partial charge in [0, 0.05) is 12.6 Å². The zero-order chi connectivity index (χ0) is 21.9. The van der Waals surface area contributed by atoms with Crippen LogP contribution in [0.3, 0.4) is 0 Å². The van der Waals surface area contributed by atoms with Crippen LogP contribution in [0.15, 0.2) is 65.2 Å². The minimum absolute atomic E-state index is 0.124. The van der Waals surface area contributed by atoms with Crippen LogP contribution in [-0.2, 0) is 34.1 Å². The molecule has 0 spiro atoms. The number of aryl methyl sites for hydroxylation is 1. The SMILES string of the molecule is Cc1cc(NC(=O)CSCC(=O)NCc2cccc(COCc3ccccc3)c2)no1. The number of rotatable bonds is 11. The van der Waals surface area contributed by atoms with Crippen LogP contribution in [-0.4, -0.2) is 28.5 Å². The van der Waals surface area contributed by atoms with E-state index in [0.717, 1.165) is 16.7 Å². The number of benzene rings is 2. The average Bonchev–Trinajstić information content (AvgIpc) is 3.18. The first-order valence-electron chi connectivity index (χ1n) is 9.85. The summed E-state index contributed by atoms with van der Waals surface area (Å²) in [6.45, 7) is 3.24. The van der Waals surface area contributed by atoms with Crippen molar-refractivity contribution in [3.05, 3.63) is 83.1 Å². The van der Waals surface area contributed by atoms with Gasteiger partial charge in [0.15, 0.2) is 5.82 Å². The predicted octanol–water partition coefficient (Wildman–Crippen LogP) is 3.69. The van der Waals surface area contributed by atoms with Crippen LogP contribution >= 0.6 is 11.8 Å². The number of hydrogen-bond donors (Lipinski definition) is 2. The molecule has 0 saturated carbocycles. The van der Waals surface area contributed by atoms with E-state index in [1.54, 1.807) is 13.0 Å². The number of thioether (sulfide) groups is 1. The predicted molar refractivity (Wildman–Crippen MR) is 120 cm³/mol. The maximum absolute atomic E-state index is 12.1. The van der Waals surface area contributed by atoms with Crippen LogP contribution in [0.1, 0.15) is 22.5 Å². The molecule has 0 fully saturated rings. The minimum atomic E-state index is -0.227. The Kier molecular flexibility index (Phi) is 8.69. The van der Waals surface area contributed by atoms with Crippen LogP contribution in [0.25, 0.3) is 0 Å². The molecule has 0 bridgehead atoms. The van der Waals surface area contributed by atoms with Gasteiger partial charge in [0.1, 0.15) is 5.76 Å². The molecule has 0 aliphatic carbocycles. The van der Waals surface area contributed by atoms with E-state index in [-0.39, 0.29) is 23.3 Å². The van der Waals surface area contributed by atoms with Crippen LogP contribution in [0, 0.1) is 6.92 Å². The van der Waals surface area contributed by atoms with E-state index in [0.29, 0.717) is 31.3 Å². The van der Waals surface area contributed by atoms with Crippen molar-refractivity contribution >= 4 is 29.4 Å². The first kappa shape index (κ1) is 22.6. The van der Waals surface area contributed by atoms with E-state index in [2.05, 4.69) is 15.8 Å². The Morgan fingerprint density at radius 2 is 1.65 bits per heavy atom. The Labute approximate surface area is 185 Å². The van der Waals surface area contributed by atoms with Crippen molar-refractivity contribution in [3.63, 3.8) is 0 Å². The molecule has 162 valence electrons. The second-order valence-electron chi connectivity index (χ2n) is 6.94. The van der Waals surface area contributed by atoms with Crippen molar-refractivity contribution in [2.45, 2.75) is 26.7 Å². The van der Waals surface area contributed by atoms with E-state index in [1.165, 1.54) is 11.8 Å². The Bertz CT molecular complexity index is 991. The lowest BCUT2D eigenvalue weighted by Gasteiger charge is -2.08. The molecular formula is C23H25N3O4S. The molecule has 2 amide bonds. The molecule has 0 saturated heterocycles. The lowest BCUT2D eigenvalue weighted by atomic mass is 10.1. The molecule has 1 heterocycles. The monoisotopic (exact) mass is 439 g/mol. The maximum atomic E-state index is 12.1. The molecule has 31 heavy (non-hydrogen) atoms. The number of carbonyl (C=O) groups is 2.